The molecule has 0 saturated heterocycles. The van der Waals surface area contributed by atoms with Gasteiger partial charge in [-0.2, -0.15) is 5.10 Å². The highest BCUT2D eigenvalue weighted by molar-refractivity contribution is 6.42. The molecule has 20 heavy (non-hydrogen) atoms. The van der Waals surface area contributed by atoms with Crippen molar-refractivity contribution in [1.82, 2.24) is 9.78 Å². The molecule has 0 radical (unpaired) electrons. The minimum absolute atomic E-state index is 0.528. The summed E-state index contributed by atoms with van der Waals surface area (Å²) in [6, 6.07) is 5.52. The zero-order valence-corrected chi connectivity index (χ0v) is 13.0. The number of carbonyl (C=O) groups excluding carboxylic acids is 1. The first-order valence-electron chi connectivity index (χ1n) is 6.58. The lowest BCUT2D eigenvalue weighted by atomic mass is 10.1. The van der Waals surface area contributed by atoms with Gasteiger partial charge in [0.25, 0.3) is 0 Å². The molecule has 2 aromatic rings. The highest BCUT2D eigenvalue weighted by Gasteiger charge is 2.15. The molecular weight excluding hydrogens is 295 g/mol. The summed E-state index contributed by atoms with van der Waals surface area (Å²) < 4.78 is 1.88. The van der Waals surface area contributed by atoms with E-state index < -0.39 is 0 Å². The molecule has 0 aliphatic heterocycles. The van der Waals surface area contributed by atoms with Crippen molar-refractivity contribution in [2.75, 3.05) is 0 Å². The quantitative estimate of drug-likeness (QED) is 0.777. The first kappa shape index (κ1) is 15.1. The molecule has 0 fully saturated rings. The number of aryl methyl sites for hydroxylation is 1. The molecule has 2 rings (SSSR count). The Morgan fingerprint density at radius 3 is 2.50 bits per heavy atom. The maximum atomic E-state index is 11.2. The predicted octanol–water partition coefficient (Wildman–Crippen LogP) is 4.18. The smallest absolute Gasteiger partial charge is 0.153 e. The first-order valence-corrected chi connectivity index (χ1v) is 7.33. The molecule has 0 amide bonds. The number of nitrogens with zero attached hydrogens (tertiary/aromatic N) is 2. The van der Waals surface area contributed by atoms with Gasteiger partial charge in [-0.3, -0.25) is 9.48 Å². The van der Waals surface area contributed by atoms with Gasteiger partial charge in [-0.15, -0.1) is 0 Å². The Balaban J connectivity index is 2.39. The van der Waals surface area contributed by atoms with Gasteiger partial charge in [0.2, 0.25) is 0 Å². The van der Waals surface area contributed by atoms with Crippen LogP contribution in [0, 0.1) is 0 Å². The van der Waals surface area contributed by atoms with Crippen LogP contribution in [0.2, 0.25) is 10.0 Å². The van der Waals surface area contributed by atoms with Crippen LogP contribution in [-0.4, -0.2) is 16.1 Å². The van der Waals surface area contributed by atoms with Gasteiger partial charge in [0, 0.05) is 5.69 Å². The van der Waals surface area contributed by atoms with E-state index in [1.807, 2.05) is 30.7 Å². The summed E-state index contributed by atoms with van der Waals surface area (Å²) in [6.45, 7) is 4.61. The van der Waals surface area contributed by atoms with E-state index in [0.29, 0.717) is 16.6 Å². The molecule has 0 aliphatic rings. The zero-order valence-electron chi connectivity index (χ0n) is 11.5. The van der Waals surface area contributed by atoms with E-state index in [4.69, 9.17) is 23.2 Å². The van der Waals surface area contributed by atoms with Crippen molar-refractivity contribution in [3.05, 3.63) is 50.8 Å². The maximum absolute atomic E-state index is 11.2. The Bertz CT molecular complexity index is 635. The minimum atomic E-state index is 0.528. The topological polar surface area (TPSA) is 34.9 Å². The standard InChI is InChI=1S/C15H16Cl2N2O/c1-3-14-11(9-20)15(4-2)19(18-14)8-10-5-6-12(16)13(17)7-10/h5-7,9H,3-4,8H2,1-2H3. The molecule has 0 saturated carbocycles. The van der Waals surface area contributed by atoms with E-state index in [2.05, 4.69) is 5.10 Å². The first-order chi connectivity index (χ1) is 9.60. The average molecular weight is 311 g/mol. The van der Waals surface area contributed by atoms with Crippen LogP contribution in [0.1, 0.15) is 41.2 Å². The minimum Gasteiger partial charge on any atom is -0.298 e. The zero-order chi connectivity index (χ0) is 14.7. The van der Waals surface area contributed by atoms with E-state index in [9.17, 15) is 4.79 Å². The van der Waals surface area contributed by atoms with Crippen molar-refractivity contribution >= 4 is 29.5 Å². The number of hydrogen-bond acceptors (Lipinski definition) is 2. The molecule has 106 valence electrons. The van der Waals surface area contributed by atoms with Gasteiger partial charge in [-0.25, -0.2) is 0 Å². The Labute approximate surface area is 128 Å². The second-order valence-corrected chi connectivity index (χ2v) is 5.35. The van der Waals surface area contributed by atoms with Crippen LogP contribution in [-0.2, 0) is 19.4 Å². The van der Waals surface area contributed by atoms with Gasteiger partial charge in [0.15, 0.2) is 6.29 Å². The van der Waals surface area contributed by atoms with Gasteiger partial charge in [0.1, 0.15) is 0 Å². The summed E-state index contributed by atoms with van der Waals surface area (Å²) in [7, 11) is 0. The third-order valence-corrected chi connectivity index (χ3v) is 4.02. The third kappa shape index (κ3) is 2.89. The van der Waals surface area contributed by atoms with Gasteiger partial charge in [-0.1, -0.05) is 43.1 Å². The average Bonchev–Trinajstić information content (AvgIpc) is 2.79. The molecule has 1 aromatic heterocycles. The molecule has 3 nitrogen and oxygen atoms in total. The fourth-order valence-electron chi connectivity index (χ4n) is 2.28. The largest absolute Gasteiger partial charge is 0.298 e. The molecular formula is C15H16Cl2N2O. The van der Waals surface area contributed by atoms with Crippen LogP contribution in [0.4, 0.5) is 0 Å². The summed E-state index contributed by atoms with van der Waals surface area (Å²) in [5.74, 6) is 0. The molecule has 0 N–H and O–H groups in total. The highest BCUT2D eigenvalue weighted by Crippen LogP contribution is 2.24. The summed E-state index contributed by atoms with van der Waals surface area (Å²) >= 11 is 11.9. The second kappa shape index (κ2) is 6.42. The summed E-state index contributed by atoms with van der Waals surface area (Å²) in [4.78, 5) is 11.2. The van der Waals surface area contributed by atoms with Gasteiger partial charge >= 0.3 is 0 Å². The van der Waals surface area contributed by atoms with E-state index in [1.165, 1.54) is 0 Å². The molecule has 1 aromatic carbocycles. The van der Waals surface area contributed by atoms with Crippen LogP contribution in [0.3, 0.4) is 0 Å². The Kier molecular flexibility index (Phi) is 4.84. The van der Waals surface area contributed by atoms with Crippen molar-refractivity contribution in [3.63, 3.8) is 0 Å². The van der Waals surface area contributed by atoms with E-state index >= 15 is 0 Å². The Hall–Kier alpha value is -1.32. The monoisotopic (exact) mass is 310 g/mol. The molecule has 1 heterocycles. The third-order valence-electron chi connectivity index (χ3n) is 3.28. The summed E-state index contributed by atoms with van der Waals surface area (Å²) in [5, 5.41) is 5.59. The van der Waals surface area contributed by atoms with Crippen LogP contribution in [0.25, 0.3) is 0 Å². The fourth-order valence-corrected chi connectivity index (χ4v) is 2.60. The number of aromatic nitrogens is 2. The van der Waals surface area contributed by atoms with Crippen LogP contribution in [0.5, 0.6) is 0 Å². The van der Waals surface area contributed by atoms with Gasteiger partial charge < -0.3 is 0 Å². The molecule has 5 heteroatoms. The molecule has 0 atom stereocenters. The summed E-state index contributed by atoms with van der Waals surface area (Å²) in [5.41, 5.74) is 3.53. The second-order valence-electron chi connectivity index (χ2n) is 4.54. The number of aldehydes is 1. The molecule has 0 bridgehead atoms. The van der Waals surface area contributed by atoms with Crippen molar-refractivity contribution in [1.29, 1.82) is 0 Å². The number of halogens is 2. The van der Waals surface area contributed by atoms with E-state index in [1.54, 1.807) is 6.07 Å². The fraction of sp³-hybridized carbons (Fsp3) is 0.333. The van der Waals surface area contributed by atoms with Crippen LogP contribution >= 0.6 is 23.2 Å². The van der Waals surface area contributed by atoms with Gasteiger partial charge in [-0.05, 0) is 30.5 Å². The van der Waals surface area contributed by atoms with Crippen LogP contribution < -0.4 is 0 Å². The van der Waals surface area contributed by atoms with Gasteiger partial charge in [0.05, 0.1) is 27.8 Å². The Morgan fingerprint density at radius 1 is 1.20 bits per heavy atom. The lowest BCUT2D eigenvalue weighted by Crippen LogP contribution is -2.06. The van der Waals surface area contributed by atoms with Crippen molar-refractivity contribution in [2.24, 2.45) is 0 Å². The number of rotatable bonds is 5. The maximum Gasteiger partial charge on any atom is 0.153 e. The molecule has 0 unspecified atom stereocenters. The predicted molar refractivity (Wildman–Crippen MR) is 81.9 cm³/mol. The SMILES string of the molecule is CCc1nn(Cc2ccc(Cl)c(Cl)c2)c(CC)c1C=O. The van der Waals surface area contributed by atoms with Crippen LogP contribution in [0.15, 0.2) is 18.2 Å². The summed E-state index contributed by atoms with van der Waals surface area (Å²) in [6.07, 6.45) is 2.41. The normalized spacial score (nSPS) is 10.8. The van der Waals surface area contributed by atoms with E-state index in [0.717, 1.165) is 41.6 Å². The number of hydrogen-bond donors (Lipinski definition) is 0. The van der Waals surface area contributed by atoms with Crippen molar-refractivity contribution in [3.8, 4) is 0 Å². The number of benzene rings is 1. The molecule has 0 aliphatic carbocycles. The lowest BCUT2D eigenvalue weighted by Gasteiger charge is -2.07. The van der Waals surface area contributed by atoms with Crippen molar-refractivity contribution in [2.45, 2.75) is 33.2 Å². The van der Waals surface area contributed by atoms with E-state index in [-0.39, 0.29) is 0 Å². The lowest BCUT2D eigenvalue weighted by molar-refractivity contribution is 0.112. The highest BCUT2D eigenvalue weighted by atomic mass is 35.5. The Morgan fingerprint density at radius 2 is 1.95 bits per heavy atom. The van der Waals surface area contributed by atoms with Crippen molar-refractivity contribution < 1.29 is 4.79 Å². The number of carbonyl (C=O) groups is 1. The molecule has 0 spiro atoms.